The number of ether oxygens (including phenoxy) is 1. The van der Waals surface area contributed by atoms with Crippen LogP contribution in [0.25, 0.3) is 0 Å². The van der Waals surface area contributed by atoms with Crippen molar-refractivity contribution in [3.63, 3.8) is 0 Å². The van der Waals surface area contributed by atoms with Crippen molar-refractivity contribution in [1.82, 2.24) is 4.90 Å². The highest BCUT2D eigenvalue weighted by atomic mass is 16.6. The summed E-state index contributed by atoms with van der Waals surface area (Å²) < 4.78 is 5.68. The van der Waals surface area contributed by atoms with Crippen LogP contribution in [0, 0.1) is 16.7 Å². The summed E-state index contributed by atoms with van der Waals surface area (Å²) >= 11 is 0. The summed E-state index contributed by atoms with van der Waals surface area (Å²) in [5.74, 6) is 0.656. The number of carbonyl (C=O) groups is 1. The third-order valence-electron chi connectivity index (χ3n) is 6.82. The van der Waals surface area contributed by atoms with Crippen LogP contribution in [-0.4, -0.2) is 28.7 Å². The molecule has 3 atom stereocenters. The van der Waals surface area contributed by atoms with E-state index in [0.717, 1.165) is 32.1 Å². The second-order valence-electron chi connectivity index (χ2n) is 10.4. The Kier molecular flexibility index (Phi) is 5.66. The lowest BCUT2D eigenvalue weighted by molar-refractivity contribution is -0.0411. The Bertz CT molecular complexity index is 485. The maximum atomic E-state index is 12.7. The van der Waals surface area contributed by atoms with Crippen LogP contribution in [0.3, 0.4) is 0 Å². The Labute approximate surface area is 155 Å². The van der Waals surface area contributed by atoms with E-state index in [9.17, 15) is 4.79 Å². The first kappa shape index (κ1) is 20.3. The zero-order chi connectivity index (χ0) is 19.0. The second kappa shape index (κ2) is 6.96. The van der Waals surface area contributed by atoms with E-state index in [-0.39, 0.29) is 16.9 Å². The highest BCUT2D eigenvalue weighted by Crippen LogP contribution is 2.55. The van der Waals surface area contributed by atoms with Gasteiger partial charge in [-0.15, -0.1) is 6.58 Å². The molecule has 3 unspecified atom stereocenters. The molecule has 0 saturated carbocycles. The largest absolute Gasteiger partial charge is 0.444 e. The van der Waals surface area contributed by atoms with Gasteiger partial charge in [0.1, 0.15) is 5.60 Å². The lowest BCUT2D eigenvalue weighted by atomic mass is 9.56. The summed E-state index contributed by atoms with van der Waals surface area (Å²) in [7, 11) is 0. The first-order valence-electron chi connectivity index (χ1n) is 10.0. The molecule has 2 fully saturated rings. The molecule has 1 amide bonds. The molecule has 0 aliphatic carbocycles. The molecule has 0 aromatic rings. The maximum Gasteiger partial charge on any atom is 0.410 e. The predicted molar refractivity (Wildman–Crippen MR) is 105 cm³/mol. The standard InChI is InChI=1S/C22H39NO2/c1-9-10-13-22(8,20(2,3)4)16-14-17-11-12-18(15-16)23(17)19(24)25-21(5,6)7/h9,16-18H,1,10-15H2,2-8H3. The van der Waals surface area contributed by atoms with Gasteiger partial charge in [0.2, 0.25) is 0 Å². The van der Waals surface area contributed by atoms with Crippen molar-refractivity contribution >= 4 is 6.09 Å². The van der Waals surface area contributed by atoms with Gasteiger partial charge in [-0.2, -0.15) is 0 Å². The average molecular weight is 350 g/mol. The third kappa shape index (κ3) is 4.23. The molecule has 144 valence electrons. The molecule has 0 N–H and O–H groups in total. The number of amides is 1. The zero-order valence-corrected chi connectivity index (χ0v) is 17.5. The van der Waals surface area contributed by atoms with E-state index >= 15 is 0 Å². The molecular formula is C22H39NO2. The fourth-order valence-corrected chi connectivity index (χ4v) is 4.90. The van der Waals surface area contributed by atoms with Gasteiger partial charge in [-0.05, 0) is 76.0 Å². The van der Waals surface area contributed by atoms with Gasteiger partial charge >= 0.3 is 6.09 Å². The number of piperidine rings is 1. The van der Waals surface area contributed by atoms with Crippen molar-refractivity contribution in [3.8, 4) is 0 Å². The van der Waals surface area contributed by atoms with Crippen LogP contribution in [0.5, 0.6) is 0 Å². The van der Waals surface area contributed by atoms with Crippen molar-refractivity contribution in [2.45, 2.75) is 105 Å². The second-order valence-corrected chi connectivity index (χ2v) is 10.4. The summed E-state index contributed by atoms with van der Waals surface area (Å²) in [5, 5.41) is 0. The SMILES string of the molecule is C=CCCC(C)(C1CC2CCC(C1)N2C(=O)OC(C)(C)C)C(C)(C)C. The van der Waals surface area contributed by atoms with E-state index < -0.39 is 5.60 Å². The van der Waals surface area contributed by atoms with Gasteiger partial charge in [0.25, 0.3) is 0 Å². The van der Waals surface area contributed by atoms with E-state index in [4.69, 9.17) is 4.74 Å². The minimum Gasteiger partial charge on any atom is -0.444 e. The Morgan fingerprint density at radius 1 is 1.08 bits per heavy atom. The Hall–Kier alpha value is -0.990. The molecule has 0 aromatic heterocycles. The zero-order valence-electron chi connectivity index (χ0n) is 17.5. The molecule has 3 nitrogen and oxygen atoms in total. The molecule has 0 spiro atoms. The lowest BCUT2D eigenvalue weighted by Gasteiger charge is -2.52. The van der Waals surface area contributed by atoms with E-state index in [0.29, 0.717) is 18.0 Å². The molecule has 2 rings (SSSR count). The van der Waals surface area contributed by atoms with Gasteiger partial charge in [0.15, 0.2) is 0 Å². The number of nitrogens with zero attached hydrogens (tertiary/aromatic N) is 1. The molecule has 0 radical (unpaired) electrons. The summed E-state index contributed by atoms with van der Waals surface area (Å²) in [6.45, 7) is 19.4. The lowest BCUT2D eigenvalue weighted by Crippen LogP contribution is -2.53. The van der Waals surface area contributed by atoms with E-state index in [1.165, 1.54) is 6.42 Å². The number of rotatable bonds is 4. The molecule has 2 aliphatic heterocycles. The van der Waals surface area contributed by atoms with Gasteiger partial charge in [0, 0.05) is 12.1 Å². The number of hydrogen-bond acceptors (Lipinski definition) is 2. The first-order valence-corrected chi connectivity index (χ1v) is 10.0. The van der Waals surface area contributed by atoms with Crippen LogP contribution >= 0.6 is 0 Å². The van der Waals surface area contributed by atoms with Crippen LogP contribution in [-0.2, 0) is 4.74 Å². The van der Waals surface area contributed by atoms with E-state index in [2.05, 4.69) is 45.2 Å². The van der Waals surface area contributed by atoms with Gasteiger partial charge < -0.3 is 9.64 Å². The fraction of sp³-hybridized carbons (Fsp3) is 0.864. The van der Waals surface area contributed by atoms with Crippen molar-refractivity contribution in [2.75, 3.05) is 0 Å². The number of fused-ring (bicyclic) bond motifs is 2. The van der Waals surface area contributed by atoms with E-state index in [1.54, 1.807) is 0 Å². The summed E-state index contributed by atoms with van der Waals surface area (Å²) in [4.78, 5) is 14.8. The average Bonchev–Trinajstić information content (AvgIpc) is 2.72. The molecule has 2 heterocycles. The van der Waals surface area contributed by atoms with Crippen molar-refractivity contribution in [1.29, 1.82) is 0 Å². The normalized spacial score (nSPS) is 29.2. The quantitative estimate of drug-likeness (QED) is 0.567. The summed E-state index contributed by atoms with van der Waals surface area (Å²) in [5.41, 5.74) is 0.0908. The molecule has 2 bridgehead atoms. The predicted octanol–water partition coefficient (Wildman–Crippen LogP) is 6.18. The van der Waals surface area contributed by atoms with Crippen molar-refractivity contribution in [3.05, 3.63) is 12.7 Å². The van der Waals surface area contributed by atoms with Crippen molar-refractivity contribution in [2.24, 2.45) is 16.7 Å². The van der Waals surface area contributed by atoms with E-state index in [1.807, 2.05) is 20.8 Å². The molecular weight excluding hydrogens is 310 g/mol. The van der Waals surface area contributed by atoms with Crippen LogP contribution in [0.1, 0.15) is 87.0 Å². The molecule has 2 aliphatic rings. The van der Waals surface area contributed by atoms with Crippen molar-refractivity contribution < 1.29 is 9.53 Å². The highest BCUT2D eigenvalue weighted by molar-refractivity contribution is 5.69. The first-order chi connectivity index (χ1) is 11.4. The topological polar surface area (TPSA) is 29.5 Å². The minimum atomic E-state index is -0.419. The minimum absolute atomic E-state index is 0.109. The van der Waals surface area contributed by atoms with Gasteiger partial charge in [-0.3, -0.25) is 0 Å². The smallest absolute Gasteiger partial charge is 0.410 e. The van der Waals surface area contributed by atoms with Crippen LogP contribution < -0.4 is 0 Å². The molecule has 2 saturated heterocycles. The molecule has 3 heteroatoms. The van der Waals surface area contributed by atoms with Gasteiger partial charge in [-0.1, -0.05) is 33.8 Å². The number of allylic oxidation sites excluding steroid dienone is 1. The van der Waals surface area contributed by atoms with Crippen LogP contribution in [0.2, 0.25) is 0 Å². The summed E-state index contributed by atoms with van der Waals surface area (Å²) in [6, 6.07) is 0.702. The summed E-state index contributed by atoms with van der Waals surface area (Å²) in [6.07, 6.45) is 8.66. The van der Waals surface area contributed by atoms with Crippen LogP contribution in [0.4, 0.5) is 4.79 Å². The highest BCUT2D eigenvalue weighted by Gasteiger charge is 2.52. The Morgan fingerprint density at radius 2 is 1.60 bits per heavy atom. The molecule has 0 aromatic carbocycles. The number of hydrogen-bond donors (Lipinski definition) is 0. The maximum absolute atomic E-state index is 12.7. The van der Waals surface area contributed by atoms with Gasteiger partial charge in [0.05, 0.1) is 0 Å². The van der Waals surface area contributed by atoms with Gasteiger partial charge in [-0.25, -0.2) is 4.79 Å². The fourth-order valence-electron chi connectivity index (χ4n) is 4.90. The Morgan fingerprint density at radius 3 is 2.00 bits per heavy atom. The third-order valence-corrected chi connectivity index (χ3v) is 6.82. The Balaban J connectivity index is 2.17. The number of carbonyl (C=O) groups excluding carboxylic acids is 1. The molecule has 25 heavy (non-hydrogen) atoms. The monoisotopic (exact) mass is 349 g/mol. The van der Waals surface area contributed by atoms with Crippen LogP contribution in [0.15, 0.2) is 12.7 Å².